The highest BCUT2D eigenvalue weighted by molar-refractivity contribution is 6.03. The lowest BCUT2D eigenvalue weighted by Gasteiger charge is -2.42. The number of pyridine rings is 1. The van der Waals surface area contributed by atoms with Crippen LogP contribution in [0.25, 0.3) is 32.9 Å². The molecular formula is C44H41F2N7O4. The molecular weight excluding hydrogens is 729 g/mol. The molecule has 4 aliphatic rings. The Balaban J connectivity index is 1.07. The van der Waals surface area contributed by atoms with E-state index in [0.717, 1.165) is 57.2 Å². The standard InChI is InChI=1S/C44H41F2N7O4/c1-3-32-35(45)13-10-27-20-31(54)21-33(38(27)32)40-39(46)41-34(22-47-40)42(50-43(49-41)57-25-44-14-6-16-52(44)17-7-15-44)51-23-29-11-12-30(24-51)53(29)37(56)19-26-8-5-9-28(18-26)48-36(55)4-2/h1,4-5,8-10,13,18,20-22,29-30,54H,2,6-7,11-12,14-17,19,23-25H2,(H,48,55). The number of anilines is 2. The summed E-state index contributed by atoms with van der Waals surface area (Å²) in [6.45, 7) is 6.79. The molecule has 6 heterocycles. The third-order valence-electron chi connectivity index (χ3n) is 12.2. The van der Waals surface area contributed by atoms with Crippen LogP contribution in [0, 0.1) is 24.0 Å². The molecule has 290 valence electrons. The normalized spacial score (nSPS) is 19.8. The minimum atomic E-state index is -0.787. The van der Waals surface area contributed by atoms with Crippen LogP contribution in [0.5, 0.6) is 11.8 Å². The topological polar surface area (TPSA) is 124 Å². The summed E-state index contributed by atoms with van der Waals surface area (Å²) in [6, 6.07) is 12.5. The molecule has 2 aromatic heterocycles. The first-order chi connectivity index (χ1) is 27.6. The average molecular weight is 770 g/mol. The second kappa shape index (κ2) is 14.4. The van der Waals surface area contributed by atoms with E-state index in [9.17, 15) is 14.7 Å². The monoisotopic (exact) mass is 769 g/mol. The summed E-state index contributed by atoms with van der Waals surface area (Å²) >= 11 is 0. The smallest absolute Gasteiger partial charge is 0.319 e. The Labute approximate surface area is 328 Å². The molecule has 57 heavy (non-hydrogen) atoms. The SMILES string of the molecule is C#Cc1c(F)ccc2cc(O)cc(-c3ncc4c(N5CC6CCC(C5)N6C(=O)Cc5cccc(NC(=O)C=C)c5)nc(OCC56CCCN5CCC6)nc4c3F)c12. The number of benzene rings is 3. The van der Waals surface area contributed by atoms with Gasteiger partial charge < -0.3 is 25.0 Å². The van der Waals surface area contributed by atoms with Crippen molar-refractivity contribution in [2.45, 2.75) is 62.6 Å². The van der Waals surface area contributed by atoms with Crippen LogP contribution in [0.3, 0.4) is 0 Å². The first kappa shape index (κ1) is 36.5. The fraction of sp³-hybridized carbons (Fsp3) is 0.341. The molecule has 2 atom stereocenters. The number of aromatic hydroxyl groups is 1. The number of phenols is 1. The molecule has 0 aliphatic carbocycles. The van der Waals surface area contributed by atoms with Gasteiger partial charge in [0.05, 0.1) is 22.9 Å². The number of phenolic OH excluding ortho intramolecular Hbond substituents is 1. The maximum atomic E-state index is 17.1. The van der Waals surface area contributed by atoms with Gasteiger partial charge in [0.2, 0.25) is 11.8 Å². The van der Waals surface area contributed by atoms with Gasteiger partial charge in [-0.3, -0.25) is 19.5 Å². The average Bonchev–Trinajstić information content (AvgIpc) is 3.87. The van der Waals surface area contributed by atoms with Gasteiger partial charge in [-0.2, -0.15) is 9.97 Å². The van der Waals surface area contributed by atoms with E-state index >= 15 is 8.78 Å². The largest absolute Gasteiger partial charge is 0.508 e. The van der Waals surface area contributed by atoms with Gasteiger partial charge in [-0.25, -0.2) is 8.78 Å². The third-order valence-corrected chi connectivity index (χ3v) is 12.2. The highest BCUT2D eigenvalue weighted by atomic mass is 19.1. The Morgan fingerprint density at radius 2 is 1.84 bits per heavy atom. The number of piperazine rings is 1. The molecule has 0 saturated carbocycles. The second-order valence-electron chi connectivity index (χ2n) is 15.5. The molecule has 2 unspecified atom stereocenters. The second-order valence-corrected chi connectivity index (χ2v) is 15.5. The molecule has 3 aromatic carbocycles. The zero-order valence-electron chi connectivity index (χ0n) is 31.3. The van der Waals surface area contributed by atoms with Crippen LogP contribution in [-0.4, -0.2) is 92.1 Å². The van der Waals surface area contributed by atoms with Crippen LogP contribution in [-0.2, 0) is 16.0 Å². The van der Waals surface area contributed by atoms with Gasteiger partial charge in [0, 0.05) is 48.0 Å². The van der Waals surface area contributed by atoms with Gasteiger partial charge in [-0.1, -0.05) is 30.7 Å². The summed E-state index contributed by atoms with van der Waals surface area (Å²) in [7, 11) is 0. The quantitative estimate of drug-likeness (QED) is 0.130. The van der Waals surface area contributed by atoms with E-state index < -0.39 is 11.6 Å². The van der Waals surface area contributed by atoms with Crippen molar-refractivity contribution in [3.8, 4) is 35.4 Å². The van der Waals surface area contributed by atoms with Crippen molar-refractivity contribution in [1.82, 2.24) is 24.8 Å². The zero-order valence-corrected chi connectivity index (χ0v) is 31.3. The van der Waals surface area contributed by atoms with E-state index in [-0.39, 0.29) is 75.3 Å². The van der Waals surface area contributed by atoms with Gasteiger partial charge in [0.1, 0.15) is 35.2 Å². The number of fused-ring (bicyclic) bond motifs is 5. The van der Waals surface area contributed by atoms with Gasteiger partial charge >= 0.3 is 6.01 Å². The lowest BCUT2D eigenvalue weighted by atomic mass is 9.95. The number of ether oxygens (including phenoxy) is 1. The van der Waals surface area contributed by atoms with Crippen LogP contribution in [0.15, 0.2) is 67.4 Å². The number of carbonyl (C=O) groups excluding carboxylic acids is 2. The predicted molar refractivity (Wildman–Crippen MR) is 213 cm³/mol. The Bertz CT molecular complexity index is 2500. The number of carbonyl (C=O) groups is 2. The van der Waals surface area contributed by atoms with E-state index in [1.165, 1.54) is 36.5 Å². The summed E-state index contributed by atoms with van der Waals surface area (Å²) in [6.07, 6.45) is 14.4. The third kappa shape index (κ3) is 6.47. The zero-order chi connectivity index (χ0) is 39.4. The van der Waals surface area contributed by atoms with Crippen molar-refractivity contribution in [2.24, 2.45) is 0 Å². The molecule has 2 N–H and O–H groups in total. The summed E-state index contributed by atoms with van der Waals surface area (Å²) in [5, 5.41) is 14.5. The van der Waals surface area contributed by atoms with Crippen molar-refractivity contribution in [2.75, 3.05) is 43.0 Å². The molecule has 0 spiro atoms. The lowest BCUT2D eigenvalue weighted by Crippen LogP contribution is -2.56. The minimum absolute atomic E-state index is 0.0127. The molecule has 2 amide bonds. The Kier molecular flexibility index (Phi) is 9.24. The number of nitrogens with one attached hydrogen (secondary N) is 1. The first-order valence-corrected chi connectivity index (χ1v) is 19.4. The van der Waals surface area contributed by atoms with Gasteiger partial charge in [-0.05, 0) is 99.0 Å². The summed E-state index contributed by atoms with van der Waals surface area (Å²) in [5.41, 5.74) is 1.14. The van der Waals surface area contributed by atoms with Crippen LogP contribution in [0.2, 0.25) is 0 Å². The molecule has 13 heteroatoms. The predicted octanol–water partition coefficient (Wildman–Crippen LogP) is 6.36. The van der Waals surface area contributed by atoms with E-state index in [0.29, 0.717) is 42.0 Å². The number of hydrogen-bond acceptors (Lipinski definition) is 9. The summed E-state index contributed by atoms with van der Waals surface area (Å²) in [4.78, 5) is 46.4. The van der Waals surface area contributed by atoms with E-state index in [4.69, 9.17) is 16.1 Å². The van der Waals surface area contributed by atoms with Crippen LogP contribution >= 0.6 is 0 Å². The molecule has 9 rings (SSSR count). The molecule has 0 radical (unpaired) electrons. The fourth-order valence-electron chi connectivity index (χ4n) is 9.63. The van der Waals surface area contributed by atoms with Crippen molar-refractivity contribution < 1.29 is 28.2 Å². The minimum Gasteiger partial charge on any atom is -0.508 e. The number of amides is 2. The highest BCUT2D eigenvalue weighted by Gasteiger charge is 2.46. The Morgan fingerprint density at radius 3 is 2.58 bits per heavy atom. The molecule has 4 fully saturated rings. The number of hydrogen-bond donors (Lipinski definition) is 2. The number of aromatic nitrogens is 3. The fourth-order valence-corrected chi connectivity index (χ4v) is 9.63. The molecule has 11 nitrogen and oxygen atoms in total. The number of terminal acetylenes is 1. The molecule has 4 saturated heterocycles. The summed E-state index contributed by atoms with van der Waals surface area (Å²) < 4.78 is 38.6. The molecule has 4 aliphatic heterocycles. The molecule has 2 bridgehead atoms. The lowest BCUT2D eigenvalue weighted by molar-refractivity contribution is -0.133. The van der Waals surface area contributed by atoms with Gasteiger partial charge in [-0.15, -0.1) is 6.42 Å². The Morgan fingerprint density at radius 1 is 1.07 bits per heavy atom. The van der Waals surface area contributed by atoms with E-state index in [1.54, 1.807) is 18.2 Å². The summed E-state index contributed by atoms with van der Waals surface area (Å²) in [5.74, 6) is 0.900. The Hall–Kier alpha value is -6.13. The van der Waals surface area contributed by atoms with Crippen LogP contribution < -0.4 is 15.0 Å². The maximum Gasteiger partial charge on any atom is 0.319 e. The van der Waals surface area contributed by atoms with Crippen molar-refractivity contribution >= 4 is 45.0 Å². The highest BCUT2D eigenvalue weighted by Crippen LogP contribution is 2.42. The van der Waals surface area contributed by atoms with Crippen LogP contribution in [0.1, 0.15) is 49.7 Å². The van der Waals surface area contributed by atoms with Crippen LogP contribution in [0.4, 0.5) is 20.3 Å². The van der Waals surface area contributed by atoms with Crippen molar-refractivity contribution in [3.05, 3.63) is 90.1 Å². The number of halogens is 2. The van der Waals surface area contributed by atoms with Crippen molar-refractivity contribution in [3.63, 3.8) is 0 Å². The number of rotatable bonds is 9. The van der Waals surface area contributed by atoms with Gasteiger partial charge in [0.15, 0.2) is 5.82 Å². The first-order valence-electron chi connectivity index (χ1n) is 19.4. The van der Waals surface area contributed by atoms with E-state index in [2.05, 4.69) is 37.6 Å². The maximum absolute atomic E-state index is 17.1. The van der Waals surface area contributed by atoms with Gasteiger partial charge in [0.25, 0.3) is 0 Å². The molecule has 5 aromatic rings. The van der Waals surface area contributed by atoms with Crippen molar-refractivity contribution in [1.29, 1.82) is 0 Å². The van der Waals surface area contributed by atoms with E-state index in [1.807, 2.05) is 11.0 Å². The number of nitrogens with zero attached hydrogens (tertiary/aromatic N) is 6.